The van der Waals surface area contributed by atoms with Crippen LogP contribution in [-0.4, -0.2) is 26.3 Å². The normalized spacial score (nSPS) is 14.4. The number of hydrogen-bond donors (Lipinski definition) is 2. The summed E-state index contributed by atoms with van der Waals surface area (Å²) in [4.78, 5) is 32.5. The number of carbonyl (C=O) groups is 2. The monoisotopic (exact) mass is 363 g/mol. The maximum Gasteiger partial charge on any atom is 0.257 e. The minimum atomic E-state index is -0.243. The number of nitrogens with zero attached hydrogens (tertiary/aromatic N) is 3. The highest BCUT2D eigenvalue weighted by molar-refractivity contribution is 6.05. The van der Waals surface area contributed by atoms with Crippen molar-refractivity contribution in [1.29, 1.82) is 0 Å². The largest absolute Gasteiger partial charge is 0.326 e. The number of rotatable bonds is 4. The van der Waals surface area contributed by atoms with Crippen LogP contribution in [0.1, 0.15) is 49.0 Å². The van der Waals surface area contributed by atoms with E-state index in [1.54, 1.807) is 36.5 Å². The van der Waals surface area contributed by atoms with Gasteiger partial charge in [-0.15, -0.1) is 0 Å². The number of imidazole rings is 1. The van der Waals surface area contributed by atoms with E-state index in [-0.39, 0.29) is 11.8 Å². The van der Waals surface area contributed by atoms with E-state index in [9.17, 15) is 9.59 Å². The molecule has 4 rings (SSSR count). The quantitative estimate of drug-likeness (QED) is 0.739. The summed E-state index contributed by atoms with van der Waals surface area (Å²) in [5.41, 5.74) is 3.35. The van der Waals surface area contributed by atoms with E-state index in [1.165, 1.54) is 19.8 Å². The molecule has 1 aliphatic rings. The lowest BCUT2D eigenvalue weighted by atomic mass is 10.2. The lowest BCUT2D eigenvalue weighted by Gasteiger charge is -2.11. The van der Waals surface area contributed by atoms with Crippen LogP contribution in [0.2, 0.25) is 0 Å². The Morgan fingerprint density at radius 1 is 1.04 bits per heavy atom. The van der Waals surface area contributed by atoms with Crippen LogP contribution in [0.5, 0.6) is 0 Å². The molecule has 7 heteroatoms. The number of hydrogen-bond acceptors (Lipinski definition) is 4. The Bertz CT molecular complexity index is 987. The average molecular weight is 363 g/mol. The highest BCUT2D eigenvalue weighted by Gasteiger charge is 2.20. The van der Waals surface area contributed by atoms with Gasteiger partial charge in [-0.2, -0.15) is 0 Å². The van der Waals surface area contributed by atoms with Gasteiger partial charge in [-0.05, 0) is 43.2 Å². The summed E-state index contributed by atoms with van der Waals surface area (Å²) in [5.74, 6) is -0.379. The zero-order chi connectivity index (χ0) is 18.8. The molecule has 0 bridgehead atoms. The zero-order valence-corrected chi connectivity index (χ0v) is 15.1. The first-order chi connectivity index (χ1) is 13.1. The first kappa shape index (κ1) is 17.2. The van der Waals surface area contributed by atoms with E-state index in [0.29, 0.717) is 23.0 Å². The maximum atomic E-state index is 12.5. The second-order valence-corrected chi connectivity index (χ2v) is 6.87. The van der Waals surface area contributed by atoms with Crippen LogP contribution in [0.3, 0.4) is 0 Å². The van der Waals surface area contributed by atoms with Crippen LogP contribution < -0.4 is 10.6 Å². The molecule has 0 radical (unpaired) electrons. The van der Waals surface area contributed by atoms with Crippen molar-refractivity contribution in [3.05, 3.63) is 48.4 Å². The summed E-state index contributed by atoms with van der Waals surface area (Å²) in [7, 11) is 0. The summed E-state index contributed by atoms with van der Waals surface area (Å²) in [5, 5.41) is 5.53. The summed E-state index contributed by atoms with van der Waals surface area (Å²) in [6.45, 7) is 1.45. The molecule has 1 aromatic carbocycles. The molecule has 2 amide bonds. The maximum absolute atomic E-state index is 12.5. The van der Waals surface area contributed by atoms with E-state index in [2.05, 4.69) is 25.2 Å². The van der Waals surface area contributed by atoms with E-state index in [1.807, 2.05) is 6.33 Å². The number of nitrogens with one attached hydrogen (secondary N) is 2. The van der Waals surface area contributed by atoms with E-state index < -0.39 is 0 Å². The van der Waals surface area contributed by atoms with Gasteiger partial charge in [0.25, 0.3) is 5.91 Å². The summed E-state index contributed by atoms with van der Waals surface area (Å²) in [6.07, 6.45) is 8.22. The van der Waals surface area contributed by atoms with Gasteiger partial charge in [0.2, 0.25) is 5.91 Å². The van der Waals surface area contributed by atoms with E-state index in [0.717, 1.165) is 24.0 Å². The molecule has 0 unspecified atom stereocenters. The van der Waals surface area contributed by atoms with Gasteiger partial charge in [-0.3, -0.25) is 9.59 Å². The van der Waals surface area contributed by atoms with Crippen LogP contribution in [0, 0.1) is 0 Å². The van der Waals surface area contributed by atoms with Crippen molar-refractivity contribution >= 4 is 34.4 Å². The van der Waals surface area contributed by atoms with Gasteiger partial charge >= 0.3 is 0 Å². The minimum Gasteiger partial charge on any atom is -0.326 e. The number of fused-ring (bicyclic) bond motifs is 1. The Hall–Kier alpha value is -3.22. The molecule has 0 aliphatic heterocycles. The summed E-state index contributed by atoms with van der Waals surface area (Å²) < 4.78 is 2.13. The number of amides is 2. The van der Waals surface area contributed by atoms with Gasteiger partial charge < -0.3 is 15.2 Å². The molecule has 2 aromatic heterocycles. The third-order valence-electron chi connectivity index (χ3n) is 4.86. The van der Waals surface area contributed by atoms with Crippen molar-refractivity contribution in [2.24, 2.45) is 0 Å². The predicted octanol–water partition coefficient (Wildman–Crippen LogP) is 3.76. The second-order valence-electron chi connectivity index (χ2n) is 6.87. The number of benzene rings is 1. The fourth-order valence-corrected chi connectivity index (χ4v) is 3.54. The molecule has 3 aromatic rings. The molecule has 1 saturated carbocycles. The molecule has 138 valence electrons. The van der Waals surface area contributed by atoms with Gasteiger partial charge in [0.15, 0.2) is 5.65 Å². The molecule has 0 saturated heterocycles. The third kappa shape index (κ3) is 3.67. The molecule has 2 N–H and O–H groups in total. The Morgan fingerprint density at radius 3 is 2.37 bits per heavy atom. The van der Waals surface area contributed by atoms with Crippen molar-refractivity contribution in [2.45, 2.75) is 38.6 Å². The topological polar surface area (TPSA) is 88.9 Å². The fraction of sp³-hybridized carbons (Fsp3) is 0.300. The first-order valence-corrected chi connectivity index (χ1v) is 9.12. The predicted molar refractivity (Wildman–Crippen MR) is 104 cm³/mol. The number of anilines is 2. The van der Waals surface area contributed by atoms with Crippen molar-refractivity contribution in [3.8, 4) is 0 Å². The molecule has 1 aliphatic carbocycles. The summed E-state index contributed by atoms with van der Waals surface area (Å²) >= 11 is 0. The molecule has 1 fully saturated rings. The highest BCUT2D eigenvalue weighted by Crippen LogP contribution is 2.31. The number of carbonyl (C=O) groups excluding carboxylic acids is 2. The van der Waals surface area contributed by atoms with Crippen molar-refractivity contribution < 1.29 is 9.59 Å². The SMILES string of the molecule is CC(=O)Nc1ccc(NC(=O)c2cnc3c(c2)ncn3C2CCCC2)cc1. The van der Waals surface area contributed by atoms with Gasteiger partial charge in [0.1, 0.15) is 5.52 Å². The average Bonchev–Trinajstić information content (AvgIpc) is 3.31. The Labute approximate surface area is 156 Å². The van der Waals surface area contributed by atoms with Gasteiger partial charge in [-0.1, -0.05) is 12.8 Å². The molecule has 0 spiro atoms. The number of aromatic nitrogens is 3. The molecule has 2 heterocycles. The molecule has 7 nitrogen and oxygen atoms in total. The van der Waals surface area contributed by atoms with Crippen LogP contribution in [0.15, 0.2) is 42.9 Å². The van der Waals surface area contributed by atoms with Crippen molar-refractivity contribution in [2.75, 3.05) is 10.6 Å². The molecular weight excluding hydrogens is 342 g/mol. The second kappa shape index (κ2) is 7.19. The fourth-order valence-electron chi connectivity index (χ4n) is 3.54. The lowest BCUT2D eigenvalue weighted by molar-refractivity contribution is -0.114. The van der Waals surface area contributed by atoms with E-state index in [4.69, 9.17) is 0 Å². The number of pyridine rings is 1. The van der Waals surface area contributed by atoms with Crippen molar-refractivity contribution in [3.63, 3.8) is 0 Å². The Morgan fingerprint density at radius 2 is 1.70 bits per heavy atom. The summed E-state index contributed by atoms with van der Waals surface area (Å²) in [6, 6.07) is 9.19. The smallest absolute Gasteiger partial charge is 0.257 e. The van der Waals surface area contributed by atoms with Crippen molar-refractivity contribution in [1.82, 2.24) is 14.5 Å². The lowest BCUT2D eigenvalue weighted by Crippen LogP contribution is -2.13. The van der Waals surface area contributed by atoms with Gasteiger partial charge in [0.05, 0.1) is 11.9 Å². The zero-order valence-electron chi connectivity index (χ0n) is 15.1. The van der Waals surface area contributed by atoms with E-state index >= 15 is 0 Å². The van der Waals surface area contributed by atoms with Crippen LogP contribution in [-0.2, 0) is 4.79 Å². The van der Waals surface area contributed by atoms with Gasteiger partial charge in [0, 0.05) is 30.5 Å². The standard InChI is InChI=1S/C20H21N5O2/c1-13(26)23-15-6-8-16(9-7-15)24-20(27)14-10-18-19(21-11-14)25(12-22-18)17-4-2-3-5-17/h6-12,17H,2-5H2,1H3,(H,23,26)(H,24,27). The van der Waals surface area contributed by atoms with Gasteiger partial charge in [-0.25, -0.2) is 9.97 Å². The Balaban J connectivity index is 1.50. The minimum absolute atomic E-state index is 0.136. The highest BCUT2D eigenvalue weighted by atomic mass is 16.2. The van der Waals surface area contributed by atoms with Crippen LogP contribution >= 0.6 is 0 Å². The molecule has 27 heavy (non-hydrogen) atoms. The first-order valence-electron chi connectivity index (χ1n) is 9.12. The van der Waals surface area contributed by atoms with Crippen LogP contribution in [0.4, 0.5) is 11.4 Å². The Kier molecular flexibility index (Phi) is 4.58. The third-order valence-corrected chi connectivity index (χ3v) is 4.86. The van der Waals surface area contributed by atoms with Crippen LogP contribution in [0.25, 0.3) is 11.2 Å². The molecular formula is C20H21N5O2. The molecule has 0 atom stereocenters.